The van der Waals surface area contributed by atoms with Gasteiger partial charge < -0.3 is 30.6 Å². The molecule has 0 aromatic carbocycles. The molecule has 9 heteroatoms. The Morgan fingerprint density at radius 1 is 1.25 bits per heavy atom. The first-order chi connectivity index (χ1) is 11.3. The van der Waals surface area contributed by atoms with Crippen LogP contribution in [0.2, 0.25) is 0 Å². The third-order valence-corrected chi connectivity index (χ3v) is 3.31. The monoisotopic (exact) mass is 346 g/mol. The van der Waals surface area contributed by atoms with Crippen molar-refractivity contribution in [1.82, 2.24) is 0 Å². The van der Waals surface area contributed by atoms with Crippen LogP contribution in [0, 0.1) is 0 Å². The molecule has 1 fully saturated rings. The number of carboxylic acid groups (broad SMARTS) is 2. The van der Waals surface area contributed by atoms with Crippen LogP contribution in [-0.4, -0.2) is 51.9 Å². The van der Waals surface area contributed by atoms with Crippen LogP contribution in [0.25, 0.3) is 0 Å². The second-order valence-electron chi connectivity index (χ2n) is 5.14. The van der Waals surface area contributed by atoms with E-state index in [1.54, 1.807) is 0 Å². The van der Waals surface area contributed by atoms with E-state index in [4.69, 9.17) is 25.8 Å². The molecule has 0 unspecified atom stereocenters. The van der Waals surface area contributed by atoms with Crippen molar-refractivity contribution in [3.05, 3.63) is 11.8 Å². The number of aliphatic carboxylic acids is 2. The number of nitrogens with two attached hydrogens (primary N) is 1. The van der Waals surface area contributed by atoms with Gasteiger partial charge in [0.15, 0.2) is 5.84 Å². The highest BCUT2D eigenvalue weighted by Gasteiger charge is 2.42. The lowest BCUT2D eigenvalue weighted by molar-refractivity contribution is -0.138. The van der Waals surface area contributed by atoms with Crippen LogP contribution in [0.15, 0.2) is 17.0 Å². The number of nitrogens with zero attached hydrogens (tertiary/aromatic N) is 1. The predicted molar refractivity (Wildman–Crippen MR) is 86.3 cm³/mol. The Morgan fingerprint density at radius 2 is 1.83 bits per heavy atom. The van der Waals surface area contributed by atoms with Crippen molar-refractivity contribution in [2.45, 2.75) is 51.6 Å². The zero-order valence-electron chi connectivity index (χ0n) is 14.0. The van der Waals surface area contributed by atoms with Gasteiger partial charge in [0.2, 0.25) is 5.76 Å². The number of amidine groups is 1. The summed E-state index contributed by atoms with van der Waals surface area (Å²) in [6.07, 6.45) is 4.98. The van der Waals surface area contributed by atoms with Crippen molar-refractivity contribution >= 4 is 17.8 Å². The molecule has 138 valence electrons. The van der Waals surface area contributed by atoms with Gasteiger partial charge in [-0.15, -0.1) is 0 Å². The molecule has 24 heavy (non-hydrogen) atoms. The number of hydrogen-bond acceptors (Lipinski definition) is 6. The van der Waals surface area contributed by atoms with Crippen LogP contribution in [0.3, 0.4) is 0 Å². The largest absolute Gasteiger partial charge is 0.478 e. The van der Waals surface area contributed by atoms with Crippen LogP contribution in [-0.2, 0) is 19.2 Å². The highest BCUT2D eigenvalue weighted by atomic mass is 16.6. The summed E-state index contributed by atoms with van der Waals surface area (Å²) in [5.74, 6) is -4.01. The van der Waals surface area contributed by atoms with E-state index in [0.29, 0.717) is 18.9 Å². The van der Waals surface area contributed by atoms with E-state index in [1.165, 1.54) is 12.8 Å². The fourth-order valence-corrected chi connectivity index (χ4v) is 1.63. The minimum Gasteiger partial charge on any atom is -0.478 e. The first-order valence-electron chi connectivity index (χ1n) is 7.76. The quantitative estimate of drug-likeness (QED) is 0.159. The Bertz CT molecular complexity index is 468. The van der Waals surface area contributed by atoms with E-state index < -0.39 is 23.3 Å². The van der Waals surface area contributed by atoms with Gasteiger partial charge in [-0.25, -0.2) is 9.59 Å². The molecule has 0 bridgehead atoms. The van der Waals surface area contributed by atoms with E-state index in [9.17, 15) is 9.59 Å². The van der Waals surface area contributed by atoms with E-state index >= 15 is 0 Å². The Labute approximate surface area is 140 Å². The van der Waals surface area contributed by atoms with Crippen molar-refractivity contribution in [3.63, 3.8) is 0 Å². The Balaban J connectivity index is 0.00000118. The number of ether oxygens (including phenoxy) is 1. The summed E-state index contributed by atoms with van der Waals surface area (Å²) in [7, 11) is 0. The molecule has 0 saturated heterocycles. The summed E-state index contributed by atoms with van der Waals surface area (Å²) >= 11 is 0. The van der Waals surface area contributed by atoms with Gasteiger partial charge >= 0.3 is 11.9 Å². The molecule has 0 aromatic rings. The third kappa shape index (κ3) is 7.42. The second-order valence-corrected chi connectivity index (χ2v) is 5.14. The average molecular weight is 346 g/mol. The van der Waals surface area contributed by atoms with E-state index in [0.717, 1.165) is 6.42 Å². The molecule has 0 aliphatic heterocycles. The topological polar surface area (TPSA) is 152 Å². The molecule has 1 rings (SSSR count). The Morgan fingerprint density at radius 3 is 2.17 bits per heavy atom. The maximum Gasteiger partial charge on any atom is 0.374 e. The van der Waals surface area contributed by atoms with Crippen molar-refractivity contribution in [1.29, 1.82) is 0 Å². The second kappa shape index (κ2) is 11.4. The molecule has 0 radical (unpaired) electrons. The van der Waals surface area contributed by atoms with Crippen LogP contribution in [0.5, 0.6) is 0 Å². The zero-order chi connectivity index (χ0) is 18.6. The molecule has 1 saturated carbocycles. The van der Waals surface area contributed by atoms with Gasteiger partial charge in [0.25, 0.3) is 0 Å². The minimum atomic E-state index is -1.58. The lowest BCUT2D eigenvalue weighted by atomic mass is 9.79. The predicted octanol–water partition coefficient (Wildman–Crippen LogP) is 1.07. The van der Waals surface area contributed by atoms with Gasteiger partial charge in [0.05, 0.1) is 19.3 Å². The van der Waals surface area contributed by atoms with Crippen LogP contribution < -0.4 is 5.73 Å². The van der Waals surface area contributed by atoms with Crippen molar-refractivity contribution < 1.29 is 34.5 Å². The third-order valence-electron chi connectivity index (χ3n) is 3.31. The molecular formula is C15H26N2O7. The lowest BCUT2D eigenvalue weighted by Gasteiger charge is -2.40. The molecular weight excluding hydrogens is 320 g/mol. The van der Waals surface area contributed by atoms with E-state index in [2.05, 4.69) is 23.8 Å². The van der Waals surface area contributed by atoms with Gasteiger partial charge in [-0.2, -0.15) is 0 Å². The fraction of sp³-hybridized carbons (Fsp3) is 0.667. The summed E-state index contributed by atoms with van der Waals surface area (Å²) in [6, 6.07) is 0. The number of oxime groups is 1. The first kappa shape index (κ1) is 21.9. The average Bonchev–Trinajstić information content (AvgIpc) is 2.50. The van der Waals surface area contributed by atoms with Crippen LogP contribution in [0.4, 0.5) is 0 Å². The van der Waals surface area contributed by atoms with Crippen molar-refractivity contribution in [2.75, 3.05) is 13.2 Å². The molecule has 1 aliphatic carbocycles. The Kier molecular flexibility index (Phi) is 10.4. The van der Waals surface area contributed by atoms with Gasteiger partial charge in [0, 0.05) is 0 Å². The number of carbonyl (C=O) groups is 2. The number of unbranched alkanes of at least 4 members (excludes halogenated alkanes) is 1. The molecule has 0 atom stereocenters. The van der Waals surface area contributed by atoms with Crippen molar-refractivity contribution in [3.8, 4) is 0 Å². The molecule has 0 heterocycles. The molecule has 0 amide bonds. The fourth-order valence-electron chi connectivity index (χ4n) is 1.63. The van der Waals surface area contributed by atoms with E-state index in [-0.39, 0.29) is 19.0 Å². The number of aliphatic hydroxyl groups excluding tert-OH is 1. The summed E-state index contributed by atoms with van der Waals surface area (Å²) in [5, 5.41) is 29.4. The highest BCUT2D eigenvalue weighted by Crippen LogP contribution is 2.35. The maximum atomic E-state index is 10.7. The van der Waals surface area contributed by atoms with Gasteiger partial charge in [0.1, 0.15) is 5.60 Å². The highest BCUT2D eigenvalue weighted by molar-refractivity contribution is 5.93. The maximum absolute atomic E-state index is 10.7. The molecule has 0 aromatic heterocycles. The molecule has 9 nitrogen and oxygen atoms in total. The van der Waals surface area contributed by atoms with Crippen LogP contribution in [0.1, 0.15) is 46.0 Å². The summed E-state index contributed by atoms with van der Waals surface area (Å²) < 4.78 is 5.38. The van der Waals surface area contributed by atoms with E-state index in [1.807, 2.05) is 0 Å². The van der Waals surface area contributed by atoms with Gasteiger partial charge in [-0.05, 0) is 19.3 Å². The Hall–Kier alpha value is -2.13. The normalized spacial score (nSPS) is 16.5. The lowest BCUT2D eigenvalue weighted by Crippen LogP contribution is -2.52. The smallest absolute Gasteiger partial charge is 0.374 e. The molecule has 0 spiro atoms. The van der Waals surface area contributed by atoms with Crippen LogP contribution >= 0.6 is 0 Å². The number of hydrogen-bond donors (Lipinski definition) is 4. The molecule has 5 N–H and O–H groups in total. The minimum absolute atomic E-state index is 0.0625. The molecule has 1 aliphatic rings. The van der Waals surface area contributed by atoms with Crippen molar-refractivity contribution in [2.24, 2.45) is 10.9 Å². The number of rotatable bonds is 9. The standard InChI is InChI=1S/C11H16N2O7.C4H10/c12-10(11(2-1-3-11)19-5-4-14)13-20-7(9(17)18)6-8(15)16;1-3-4-2/h6,14H,1-5H2,(H2,12,13)(H,15,16)(H,17,18);3-4H2,1-2H3/b7-6-;. The summed E-state index contributed by atoms with van der Waals surface area (Å²) in [5.41, 5.74) is 4.81. The zero-order valence-corrected chi connectivity index (χ0v) is 14.0. The van der Waals surface area contributed by atoms with Gasteiger partial charge in [-0.1, -0.05) is 31.8 Å². The summed E-state index contributed by atoms with van der Waals surface area (Å²) in [6.45, 7) is 4.24. The first-order valence-corrected chi connectivity index (χ1v) is 7.76. The SMILES string of the molecule is CCCC.NC(=NO/C(=C\C(=O)O)C(=O)O)C1(OCCO)CCC1. The summed E-state index contributed by atoms with van der Waals surface area (Å²) in [4.78, 5) is 25.7. The number of carboxylic acids is 2. The number of aliphatic hydroxyl groups is 1. The van der Waals surface area contributed by atoms with Gasteiger partial charge in [-0.3, -0.25) is 0 Å².